The van der Waals surface area contributed by atoms with Gasteiger partial charge < -0.3 is 14.2 Å². The maximum atomic E-state index is 13.1. The lowest BCUT2D eigenvalue weighted by Crippen LogP contribution is -2.52. The van der Waals surface area contributed by atoms with Gasteiger partial charge in [0.1, 0.15) is 11.8 Å². The molecule has 2 atom stereocenters. The largest absolute Gasteiger partial charge is 0.465 e. The van der Waals surface area contributed by atoms with Crippen LogP contribution in [0, 0.1) is 0 Å². The van der Waals surface area contributed by atoms with Gasteiger partial charge >= 0.3 is 0 Å². The van der Waals surface area contributed by atoms with Crippen molar-refractivity contribution in [2.45, 2.75) is 44.0 Å². The van der Waals surface area contributed by atoms with E-state index in [0.29, 0.717) is 18.7 Å². The first-order valence-corrected chi connectivity index (χ1v) is 9.45. The smallest absolute Gasteiger partial charge is 0.246 e. The van der Waals surface area contributed by atoms with E-state index in [0.717, 1.165) is 30.7 Å². The van der Waals surface area contributed by atoms with Crippen molar-refractivity contribution in [3.63, 3.8) is 0 Å². The second-order valence-electron chi connectivity index (χ2n) is 7.01. The van der Waals surface area contributed by atoms with Crippen LogP contribution < -0.4 is 0 Å². The lowest BCUT2D eigenvalue weighted by atomic mass is 9.99. The van der Waals surface area contributed by atoms with E-state index in [1.807, 2.05) is 21.9 Å². The van der Waals surface area contributed by atoms with E-state index in [4.69, 9.17) is 4.42 Å². The summed E-state index contributed by atoms with van der Waals surface area (Å²) in [6.45, 7) is 5.48. The molecule has 2 fully saturated rings. The first kappa shape index (κ1) is 15.8. The summed E-state index contributed by atoms with van der Waals surface area (Å²) in [5.74, 6) is 1.75. The number of rotatable bonds is 2. The zero-order valence-corrected chi connectivity index (χ0v) is 14.9. The normalized spacial score (nSPS) is 30.2. The molecule has 1 aromatic heterocycles. The van der Waals surface area contributed by atoms with Crippen LogP contribution in [0.4, 0.5) is 0 Å². The Labute approximate surface area is 146 Å². The van der Waals surface area contributed by atoms with Gasteiger partial charge in [0, 0.05) is 30.8 Å². The fourth-order valence-corrected chi connectivity index (χ4v) is 5.42. The molecular weight excluding hydrogens is 324 g/mol. The number of carbonyl (C=O) groups excluding carboxylic acids is 2. The highest BCUT2D eigenvalue weighted by Crippen LogP contribution is 2.47. The lowest BCUT2D eigenvalue weighted by molar-refractivity contribution is -0.143. The maximum Gasteiger partial charge on any atom is 0.246 e. The Balaban J connectivity index is 1.55. The van der Waals surface area contributed by atoms with Gasteiger partial charge in [0.2, 0.25) is 11.8 Å². The number of carbonyl (C=O) groups is 2. The van der Waals surface area contributed by atoms with E-state index in [1.165, 1.54) is 5.57 Å². The third kappa shape index (κ3) is 2.39. The molecule has 4 heterocycles. The fraction of sp³-hybridized carbons (Fsp3) is 0.556. The van der Waals surface area contributed by atoms with Crippen LogP contribution in [0.1, 0.15) is 38.9 Å². The van der Waals surface area contributed by atoms with E-state index in [9.17, 15) is 9.59 Å². The molecule has 0 radical (unpaired) electrons. The van der Waals surface area contributed by atoms with Gasteiger partial charge in [-0.15, -0.1) is 11.8 Å². The molecule has 4 rings (SSSR count). The molecule has 3 aliphatic rings. The van der Waals surface area contributed by atoms with Crippen molar-refractivity contribution in [2.24, 2.45) is 0 Å². The minimum absolute atomic E-state index is 0.0815. The standard InChI is InChI=1S/C18H22N2O3S/c1-12-6-8-19(10-13(12)15-4-3-9-23-15)17(22)14-11-24-18(2)7-5-16(21)20(14)18/h3-4,9,14H,5-8,10-11H2,1-2H3/t14-,18-/m1/s1. The second kappa shape index (κ2) is 5.69. The van der Waals surface area contributed by atoms with Crippen LogP contribution in [0.5, 0.6) is 0 Å². The highest BCUT2D eigenvalue weighted by atomic mass is 32.2. The number of furan rings is 1. The van der Waals surface area contributed by atoms with Crippen LogP contribution in [-0.2, 0) is 9.59 Å². The summed E-state index contributed by atoms with van der Waals surface area (Å²) in [7, 11) is 0. The van der Waals surface area contributed by atoms with Gasteiger partial charge in [0.15, 0.2) is 0 Å². The van der Waals surface area contributed by atoms with Crippen molar-refractivity contribution < 1.29 is 14.0 Å². The Hall–Kier alpha value is -1.69. The lowest BCUT2D eigenvalue weighted by Gasteiger charge is -2.35. The first-order chi connectivity index (χ1) is 11.5. The van der Waals surface area contributed by atoms with E-state index in [-0.39, 0.29) is 22.7 Å². The maximum absolute atomic E-state index is 13.1. The Morgan fingerprint density at radius 1 is 1.42 bits per heavy atom. The third-order valence-corrected chi connectivity index (χ3v) is 6.99. The molecule has 0 N–H and O–H groups in total. The van der Waals surface area contributed by atoms with Gasteiger partial charge in [-0.1, -0.05) is 5.57 Å². The highest BCUT2D eigenvalue weighted by molar-refractivity contribution is 8.01. The molecule has 2 saturated heterocycles. The van der Waals surface area contributed by atoms with Crippen LogP contribution >= 0.6 is 11.8 Å². The van der Waals surface area contributed by atoms with Crippen molar-refractivity contribution in [3.8, 4) is 0 Å². The molecule has 128 valence electrons. The van der Waals surface area contributed by atoms with E-state index < -0.39 is 0 Å². The first-order valence-electron chi connectivity index (χ1n) is 8.47. The van der Waals surface area contributed by atoms with Crippen molar-refractivity contribution in [3.05, 3.63) is 29.7 Å². The monoisotopic (exact) mass is 346 g/mol. The number of hydrogen-bond acceptors (Lipinski definition) is 4. The number of fused-ring (bicyclic) bond motifs is 1. The molecule has 2 amide bonds. The summed E-state index contributed by atoms with van der Waals surface area (Å²) in [5.41, 5.74) is 2.37. The van der Waals surface area contributed by atoms with E-state index in [2.05, 4.69) is 13.8 Å². The van der Waals surface area contributed by atoms with Gasteiger partial charge in [-0.3, -0.25) is 9.59 Å². The Bertz CT molecular complexity index is 712. The van der Waals surface area contributed by atoms with Gasteiger partial charge in [-0.2, -0.15) is 0 Å². The van der Waals surface area contributed by atoms with Crippen LogP contribution in [0.25, 0.3) is 5.57 Å². The molecule has 0 bridgehead atoms. The van der Waals surface area contributed by atoms with E-state index >= 15 is 0 Å². The second-order valence-corrected chi connectivity index (χ2v) is 8.51. The van der Waals surface area contributed by atoms with Gasteiger partial charge in [-0.25, -0.2) is 0 Å². The van der Waals surface area contributed by atoms with Crippen molar-refractivity contribution in [2.75, 3.05) is 18.8 Å². The Kier molecular flexibility index (Phi) is 3.75. The number of thioether (sulfide) groups is 1. The molecule has 24 heavy (non-hydrogen) atoms. The fourth-order valence-electron chi connectivity index (χ4n) is 4.00. The zero-order chi connectivity index (χ0) is 16.9. The number of amides is 2. The molecular formula is C18H22N2O3S. The number of hydrogen-bond donors (Lipinski definition) is 0. The molecule has 1 aromatic rings. The SMILES string of the molecule is CC1=C(c2ccco2)CN(C(=O)[C@H]2CS[C@]3(C)CCC(=O)N23)CC1. The van der Waals surface area contributed by atoms with Crippen LogP contribution in [0.3, 0.4) is 0 Å². The van der Waals surface area contributed by atoms with Crippen LogP contribution in [0.2, 0.25) is 0 Å². The van der Waals surface area contributed by atoms with Crippen molar-refractivity contribution in [1.82, 2.24) is 9.80 Å². The quantitative estimate of drug-likeness (QED) is 0.826. The predicted molar refractivity (Wildman–Crippen MR) is 93.2 cm³/mol. The topological polar surface area (TPSA) is 53.8 Å². The molecule has 3 aliphatic heterocycles. The average molecular weight is 346 g/mol. The highest BCUT2D eigenvalue weighted by Gasteiger charge is 2.53. The number of nitrogens with zero attached hydrogens (tertiary/aromatic N) is 2. The molecule has 0 aliphatic carbocycles. The average Bonchev–Trinajstić information content (AvgIpc) is 3.26. The zero-order valence-electron chi connectivity index (χ0n) is 14.1. The summed E-state index contributed by atoms with van der Waals surface area (Å²) >= 11 is 1.75. The minimum Gasteiger partial charge on any atom is -0.465 e. The molecule has 5 nitrogen and oxygen atoms in total. The van der Waals surface area contributed by atoms with Gasteiger partial charge in [-0.05, 0) is 38.8 Å². The Morgan fingerprint density at radius 2 is 2.25 bits per heavy atom. The van der Waals surface area contributed by atoms with Gasteiger partial charge in [0.05, 0.1) is 11.1 Å². The molecule has 0 aromatic carbocycles. The third-order valence-electron chi connectivity index (χ3n) is 5.48. The molecule has 0 unspecified atom stereocenters. The van der Waals surface area contributed by atoms with Gasteiger partial charge in [0.25, 0.3) is 0 Å². The van der Waals surface area contributed by atoms with Crippen LogP contribution in [0.15, 0.2) is 28.4 Å². The molecule has 0 spiro atoms. The summed E-state index contributed by atoms with van der Waals surface area (Å²) in [4.78, 5) is 28.9. The minimum atomic E-state index is -0.314. The van der Waals surface area contributed by atoms with E-state index in [1.54, 1.807) is 18.0 Å². The van der Waals surface area contributed by atoms with Crippen LogP contribution in [-0.4, -0.2) is 51.4 Å². The predicted octanol–water partition coefficient (Wildman–Crippen LogP) is 2.74. The summed E-state index contributed by atoms with van der Waals surface area (Å²) in [5, 5.41) is 0. The summed E-state index contributed by atoms with van der Waals surface area (Å²) < 4.78 is 5.53. The van der Waals surface area contributed by atoms with Crippen molar-refractivity contribution in [1.29, 1.82) is 0 Å². The molecule has 6 heteroatoms. The summed E-state index contributed by atoms with van der Waals surface area (Å²) in [6, 6.07) is 3.50. The van der Waals surface area contributed by atoms with Crippen molar-refractivity contribution >= 4 is 29.1 Å². The summed E-state index contributed by atoms with van der Waals surface area (Å²) in [6.07, 6.45) is 3.92. The molecule has 0 saturated carbocycles. The Morgan fingerprint density at radius 3 is 3.00 bits per heavy atom.